The Hall–Kier alpha value is -4.05. The predicted molar refractivity (Wildman–Crippen MR) is 178 cm³/mol. The molecular formula is C35H32CoN5P. The van der Waals surface area contributed by atoms with Gasteiger partial charge in [-0.3, -0.25) is 9.90 Å². The van der Waals surface area contributed by atoms with Crippen LogP contribution in [0.5, 0.6) is 0 Å². The Morgan fingerprint density at radius 1 is 0.667 bits per heavy atom. The molecule has 5 aromatic rings. The number of hydrogen-bond acceptors (Lipinski definition) is 2. The van der Waals surface area contributed by atoms with Gasteiger partial charge >= 0.3 is 0 Å². The van der Waals surface area contributed by atoms with Crippen molar-refractivity contribution in [2.45, 2.75) is 20.8 Å². The molecule has 6 rings (SSSR count). The van der Waals surface area contributed by atoms with E-state index in [0.29, 0.717) is 0 Å². The second kappa shape index (κ2) is 14.2. The van der Waals surface area contributed by atoms with Crippen LogP contribution >= 0.6 is 7.92 Å². The van der Waals surface area contributed by atoms with Crippen molar-refractivity contribution in [2.24, 2.45) is 9.98 Å². The molecule has 1 aliphatic rings. The number of aryl methyl sites for hydroxylation is 3. The van der Waals surface area contributed by atoms with Crippen LogP contribution in [0.4, 0.5) is 5.69 Å². The standard InChI is InChI=1S/C35H31N2P.Co.N3/c1-24-22-25(2)33(26(3)23-24)37-35-31-19-11-13-27-12-10-18-30(32(27)31)34(35)36-20-21-38(28-14-6-4-7-15-28)29-16-8-5-9-17-29;;1-3-2/h4-19,22-23H,20-21H2,1-3H3;;/q;;-1/p+1. The topological polar surface area (TPSA) is 83.4 Å². The monoisotopic (exact) mass is 612 g/mol. The van der Waals surface area contributed by atoms with Gasteiger partial charge in [0.1, 0.15) is 0 Å². The minimum absolute atomic E-state index is 0. The van der Waals surface area contributed by atoms with E-state index in [0.717, 1.165) is 29.8 Å². The molecule has 0 spiro atoms. The van der Waals surface area contributed by atoms with Crippen LogP contribution in [0.1, 0.15) is 27.8 Å². The zero-order valence-corrected chi connectivity index (χ0v) is 25.9. The molecule has 0 amide bonds. The van der Waals surface area contributed by atoms with Crippen LogP contribution in [-0.2, 0) is 16.8 Å². The minimum Gasteiger partial charge on any atom is -0.373 e. The fourth-order valence-electron chi connectivity index (χ4n) is 5.74. The summed E-state index contributed by atoms with van der Waals surface area (Å²) in [5.74, 6) is 0. The van der Waals surface area contributed by atoms with Crippen LogP contribution in [0.2, 0.25) is 0 Å². The van der Waals surface area contributed by atoms with Crippen molar-refractivity contribution in [3.8, 4) is 0 Å². The summed E-state index contributed by atoms with van der Waals surface area (Å²) in [5.41, 5.74) is 22.7. The summed E-state index contributed by atoms with van der Waals surface area (Å²) in [7, 11) is -0.950. The Bertz CT molecular complexity index is 1730. The van der Waals surface area contributed by atoms with E-state index in [1.165, 1.54) is 54.1 Å². The zero-order valence-electron chi connectivity index (χ0n) is 23.9. The molecule has 0 atom stereocenters. The van der Waals surface area contributed by atoms with Crippen LogP contribution in [0.3, 0.4) is 0 Å². The normalized spacial score (nSPS) is 13.5. The fourth-order valence-corrected chi connectivity index (χ4v) is 8.17. The molecule has 0 fully saturated rings. The van der Waals surface area contributed by atoms with Crippen molar-refractivity contribution < 1.29 is 16.8 Å². The summed E-state index contributed by atoms with van der Waals surface area (Å²) < 4.78 is 0. The molecular weight excluding hydrogens is 580 g/mol. The second-order valence-electron chi connectivity index (χ2n) is 10.2. The molecule has 0 N–H and O–H groups in total. The first kappa shape index (κ1) is 30.9. The molecule has 211 valence electrons. The Balaban J connectivity index is 0.000000972. The maximum Gasteiger partial charge on any atom is 0.0974 e. The third kappa shape index (κ3) is 6.54. The van der Waals surface area contributed by atoms with E-state index in [1.54, 1.807) is 0 Å². The molecule has 5 nitrogen and oxygen atoms in total. The van der Waals surface area contributed by atoms with E-state index < -0.39 is 7.92 Å². The first-order chi connectivity index (χ1) is 20.0. The van der Waals surface area contributed by atoms with Crippen molar-refractivity contribution in [1.82, 2.24) is 0 Å². The first-order valence-corrected chi connectivity index (χ1v) is 15.4. The van der Waals surface area contributed by atoms with Crippen molar-refractivity contribution in [3.63, 3.8) is 0 Å². The number of aliphatic imine (C=N–C) groups is 2. The summed E-state index contributed by atoms with van der Waals surface area (Å²) in [6, 6.07) is 39.4. The van der Waals surface area contributed by atoms with Crippen molar-refractivity contribution in [3.05, 3.63) is 153 Å². The second-order valence-corrected chi connectivity index (χ2v) is 12.8. The van der Waals surface area contributed by atoms with Crippen LogP contribution in [0.25, 0.3) is 26.7 Å². The predicted octanol–water partition coefficient (Wildman–Crippen LogP) is 8.42. The Morgan fingerprint density at radius 2 is 1.17 bits per heavy atom. The number of hydrogen-bond donors (Lipinski definition) is 0. The Morgan fingerprint density at radius 3 is 1.69 bits per heavy atom. The molecule has 42 heavy (non-hydrogen) atoms. The average Bonchev–Trinajstić information content (AvgIpc) is 3.28. The van der Waals surface area contributed by atoms with Gasteiger partial charge in [0.05, 0.1) is 48.3 Å². The van der Waals surface area contributed by atoms with E-state index in [-0.39, 0.29) is 16.8 Å². The minimum atomic E-state index is -0.950. The number of nitrogens with zero attached hydrogens (tertiary/aromatic N) is 5. The molecule has 0 aromatic heterocycles. The molecule has 0 bridgehead atoms. The van der Waals surface area contributed by atoms with E-state index >= 15 is 0 Å². The molecule has 1 aliphatic carbocycles. The van der Waals surface area contributed by atoms with Gasteiger partial charge in [-0.1, -0.05) is 90.5 Å². The van der Waals surface area contributed by atoms with E-state index in [4.69, 9.17) is 21.0 Å². The van der Waals surface area contributed by atoms with Gasteiger partial charge in [-0.2, -0.15) is 0 Å². The van der Waals surface area contributed by atoms with Crippen molar-refractivity contribution in [2.75, 3.05) is 12.7 Å². The summed E-state index contributed by atoms with van der Waals surface area (Å²) in [5, 5.41) is 5.38. The molecule has 1 radical (unpaired) electrons. The van der Waals surface area contributed by atoms with Gasteiger partial charge in [-0.15, -0.1) is 0 Å². The van der Waals surface area contributed by atoms with Gasteiger partial charge in [0.25, 0.3) is 0 Å². The van der Waals surface area contributed by atoms with E-state index in [1.807, 2.05) is 0 Å². The van der Waals surface area contributed by atoms with Gasteiger partial charge in [-0.05, 0) is 61.5 Å². The van der Waals surface area contributed by atoms with E-state index in [9.17, 15) is 0 Å². The Labute approximate surface area is 258 Å². The van der Waals surface area contributed by atoms with Crippen LogP contribution < -0.4 is 10.6 Å². The molecule has 7 heteroatoms. The molecule has 0 unspecified atom stereocenters. The largest absolute Gasteiger partial charge is 0.373 e. The average molecular weight is 613 g/mol. The summed E-state index contributed by atoms with van der Waals surface area (Å²) in [6.07, 6.45) is 1.03. The smallest absolute Gasteiger partial charge is 0.0974 e. The zero-order chi connectivity index (χ0) is 28.8. The molecule has 0 heterocycles. The van der Waals surface area contributed by atoms with Gasteiger partial charge in [0, 0.05) is 33.3 Å². The molecule has 0 aliphatic heterocycles. The number of benzene rings is 5. The molecule has 0 saturated carbocycles. The third-order valence-corrected chi connectivity index (χ3v) is 10.2. The van der Waals surface area contributed by atoms with Crippen molar-refractivity contribution in [1.29, 1.82) is 0 Å². The van der Waals surface area contributed by atoms with E-state index in [2.05, 4.69) is 130 Å². The van der Waals surface area contributed by atoms with Crippen LogP contribution in [0, 0.1) is 20.8 Å². The van der Waals surface area contributed by atoms with Crippen LogP contribution in [0.15, 0.2) is 119 Å². The van der Waals surface area contributed by atoms with Gasteiger partial charge in [0.2, 0.25) is 0 Å². The third-order valence-electron chi connectivity index (χ3n) is 7.37. The van der Waals surface area contributed by atoms with Gasteiger partial charge in [0.15, 0.2) is 0 Å². The molecule has 0 saturated heterocycles. The SMILES string of the molecule is Cc1cc(C)c(N=C2C(=NCC[PH+](c3ccccc3)c3ccccc3)c3cccc4cccc2c34)c(C)c1.[Co].[N-]=[N+]=[N-]. The Kier molecular flexibility index (Phi) is 10.5. The summed E-state index contributed by atoms with van der Waals surface area (Å²) in [6.45, 7) is 7.23. The summed E-state index contributed by atoms with van der Waals surface area (Å²) in [4.78, 5) is 12.1. The van der Waals surface area contributed by atoms with Gasteiger partial charge in [-0.25, -0.2) is 4.99 Å². The summed E-state index contributed by atoms with van der Waals surface area (Å²) >= 11 is 0. The van der Waals surface area contributed by atoms with Gasteiger partial charge < -0.3 is 11.1 Å². The quantitative estimate of drug-likeness (QED) is 0.0799. The molecule has 5 aromatic carbocycles. The maximum absolute atomic E-state index is 6.75. The van der Waals surface area contributed by atoms with Crippen molar-refractivity contribution >= 4 is 46.4 Å². The number of rotatable bonds is 6. The van der Waals surface area contributed by atoms with Crippen LogP contribution in [-0.4, -0.2) is 24.1 Å². The fraction of sp³-hybridized carbons (Fsp3) is 0.143. The maximum atomic E-state index is 6.75. The first-order valence-electron chi connectivity index (χ1n) is 13.7.